The molecule has 0 aliphatic heterocycles. The van der Waals surface area contributed by atoms with Crippen LogP contribution in [0.2, 0.25) is 10.0 Å². The summed E-state index contributed by atoms with van der Waals surface area (Å²) in [6.45, 7) is 0. The van der Waals surface area contributed by atoms with E-state index < -0.39 is 0 Å². The van der Waals surface area contributed by atoms with E-state index in [4.69, 9.17) is 23.2 Å². The first-order chi connectivity index (χ1) is 14.0. The van der Waals surface area contributed by atoms with Crippen molar-refractivity contribution >= 4 is 67.8 Å². The molecule has 0 spiro atoms. The van der Waals surface area contributed by atoms with Crippen LogP contribution in [0.25, 0.3) is 10.1 Å². The minimum absolute atomic E-state index is 0.341. The molecule has 0 aliphatic carbocycles. The number of halogens is 2. The molecular formula is C22H14Cl2N2O2S. The number of nitrogens with one attached hydrogen (secondary N) is 2. The van der Waals surface area contributed by atoms with Gasteiger partial charge in [-0.3, -0.25) is 9.59 Å². The van der Waals surface area contributed by atoms with Crippen molar-refractivity contribution < 1.29 is 9.59 Å². The summed E-state index contributed by atoms with van der Waals surface area (Å²) in [5.74, 6) is -0.700. The largest absolute Gasteiger partial charge is 0.322 e. The Morgan fingerprint density at radius 3 is 2.21 bits per heavy atom. The molecule has 2 N–H and O–H groups in total. The van der Waals surface area contributed by atoms with Crippen LogP contribution in [0.5, 0.6) is 0 Å². The van der Waals surface area contributed by atoms with Gasteiger partial charge in [-0.1, -0.05) is 53.5 Å². The summed E-state index contributed by atoms with van der Waals surface area (Å²) in [4.78, 5) is 26.0. The van der Waals surface area contributed by atoms with Crippen molar-refractivity contribution in [1.82, 2.24) is 0 Å². The van der Waals surface area contributed by atoms with Gasteiger partial charge in [-0.2, -0.15) is 0 Å². The van der Waals surface area contributed by atoms with E-state index in [1.54, 1.807) is 48.5 Å². The highest BCUT2D eigenvalue weighted by molar-refractivity contribution is 7.21. The normalized spacial score (nSPS) is 10.7. The van der Waals surface area contributed by atoms with E-state index in [-0.39, 0.29) is 11.8 Å². The minimum Gasteiger partial charge on any atom is -0.322 e. The smallest absolute Gasteiger partial charge is 0.267 e. The Morgan fingerprint density at radius 1 is 0.759 bits per heavy atom. The first kappa shape index (κ1) is 19.5. The highest BCUT2D eigenvalue weighted by Crippen LogP contribution is 2.35. The molecule has 144 valence electrons. The van der Waals surface area contributed by atoms with Gasteiger partial charge in [-0.05, 0) is 42.5 Å². The van der Waals surface area contributed by atoms with Crippen LogP contribution in [0.3, 0.4) is 0 Å². The Morgan fingerprint density at radius 2 is 1.45 bits per heavy atom. The Bertz CT molecular complexity index is 1220. The molecule has 4 nitrogen and oxygen atoms in total. The SMILES string of the molecule is O=C(Nc1ccc(Cl)cc1)c1ccccc1NC(=O)c1sc2ccccc2c1Cl. The second-order valence-corrected chi connectivity index (χ2v) is 8.07. The topological polar surface area (TPSA) is 58.2 Å². The highest BCUT2D eigenvalue weighted by atomic mass is 35.5. The second kappa shape index (κ2) is 8.25. The monoisotopic (exact) mass is 440 g/mol. The van der Waals surface area contributed by atoms with Crippen molar-refractivity contribution in [3.8, 4) is 0 Å². The van der Waals surface area contributed by atoms with E-state index in [1.807, 2.05) is 24.3 Å². The summed E-state index contributed by atoms with van der Waals surface area (Å²) in [6.07, 6.45) is 0. The summed E-state index contributed by atoms with van der Waals surface area (Å²) in [7, 11) is 0. The third-order valence-corrected chi connectivity index (χ3v) is 6.19. The number of hydrogen-bond acceptors (Lipinski definition) is 3. The van der Waals surface area contributed by atoms with Gasteiger partial charge < -0.3 is 10.6 Å². The number of benzene rings is 3. The number of carbonyl (C=O) groups excluding carboxylic acids is 2. The maximum atomic E-state index is 12.8. The molecule has 2 amide bonds. The molecule has 0 radical (unpaired) electrons. The van der Waals surface area contributed by atoms with E-state index >= 15 is 0 Å². The summed E-state index contributed by atoms with van der Waals surface area (Å²) in [5, 5.41) is 7.43. The number of amides is 2. The van der Waals surface area contributed by atoms with Gasteiger partial charge in [-0.25, -0.2) is 0 Å². The summed E-state index contributed by atoms with van der Waals surface area (Å²) >= 11 is 13.6. The predicted octanol–water partition coefficient (Wildman–Crippen LogP) is 6.71. The van der Waals surface area contributed by atoms with Gasteiger partial charge in [0.05, 0.1) is 16.3 Å². The van der Waals surface area contributed by atoms with Gasteiger partial charge in [0.15, 0.2) is 0 Å². The number of carbonyl (C=O) groups is 2. The number of fused-ring (bicyclic) bond motifs is 1. The van der Waals surface area contributed by atoms with Crippen molar-refractivity contribution in [2.24, 2.45) is 0 Å². The molecule has 0 bridgehead atoms. The van der Waals surface area contributed by atoms with Crippen LogP contribution in [0.4, 0.5) is 11.4 Å². The molecule has 0 aliphatic rings. The van der Waals surface area contributed by atoms with E-state index in [0.29, 0.717) is 31.9 Å². The number of para-hydroxylation sites is 1. The standard InChI is InChI=1S/C22H14Cl2N2O2S/c23-13-9-11-14(12-10-13)25-21(27)15-5-1-3-7-17(15)26-22(28)20-19(24)16-6-2-4-8-18(16)29-20/h1-12H,(H,25,27)(H,26,28). The Hall–Kier alpha value is -2.86. The second-order valence-electron chi connectivity index (χ2n) is 6.20. The number of rotatable bonds is 4. The van der Waals surface area contributed by atoms with Crippen molar-refractivity contribution in [2.45, 2.75) is 0 Å². The van der Waals surface area contributed by atoms with Gasteiger partial charge in [0.2, 0.25) is 0 Å². The zero-order chi connectivity index (χ0) is 20.4. The van der Waals surface area contributed by atoms with Crippen LogP contribution in [0, 0.1) is 0 Å². The van der Waals surface area contributed by atoms with Crippen molar-refractivity contribution in [1.29, 1.82) is 0 Å². The van der Waals surface area contributed by atoms with Crippen LogP contribution in [0.1, 0.15) is 20.0 Å². The average molecular weight is 441 g/mol. The van der Waals surface area contributed by atoms with E-state index in [2.05, 4.69) is 10.6 Å². The Labute approximate surface area is 181 Å². The summed E-state index contributed by atoms with van der Waals surface area (Å²) < 4.78 is 0.927. The maximum absolute atomic E-state index is 12.8. The number of hydrogen-bond donors (Lipinski definition) is 2. The molecule has 0 saturated heterocycles. The quantitative estimate of drug-likeness (QED) is 0.370. The molecule has 0 unspecified atom stereocenters. The van der Waals surface area contributed by atoms with E-state index in [1.165, 1.54) is 11.3 Å². The lowest BCUT2D eigenvalue weighted by Gasteiger charge is -2.11. The first-order valence-corrected chi connectivity index (χ1v) is 10.2. The molecule has 0 fully saturated rings. The minimum atomic E-state index is -0.358. The Kier molecular flexibility index (Phi) is 5.53. The zero-order valence-corrected chi connectivity index (χ0v) is 17.2. The molecule has 3 aromatic carbocycles. The predicted molar refractivity (Wildman–Crippen MR) is 121 cm³/mol. The fraction of sp³-hybridized carbons (Fsp3) is 0. The molecule has 1 heterocycles. The van der Waals surface area contributed by atoms with Crippen molar-refractivity contribution in [3.63, 3.8) is 0 Å². The Balaban J connectivity index is 1.59. The van der Waals surface area contributed by atoms with Gasteiger partial charge in [0, 0.05) is 20.8 Å². The molecular weight excluding hydrogens is 427 g/mol. The highest BCUT2D eigenvalue weighted by Gasteiger charge is 2.19. The van der Waals surface area contributed by atoms with Crippen LogP contribution in [-0.4, -0.2) is 11.8 Å². The summed E-state index contributed by atoms with van der Waals surface area (Å²) in [5.41, 5.74) is 1.35. The van der Waals surface area contributed by atoms with Gasteiger partial charge in [0.25, 0.3) is 11.8 Å². The molecule has 1 aromatic heterocycles. The summed E-state index contributed by atoms with van der Waals surface area (Å²) in [6, 6.07) is 21.2. The number of anilines is 2. The van der Waals surface area contributed by atoms with Crippen LogP contribution in [0.15, 0.2) is 72.8 Å². The third-order valence-electron chi connectivity index (χ3n) is 4.26. The van der Waals surface area contributed by atoms with Crippen molar-refractivity contribution in [3.05, 3.63) is 93.3 Å². The lowest BCUT2D eigenvalue weighted by atomic mass is 10.1. The van der Waals surface area contributed by atoms with Gasteiger partial charge in [0.1, 0.15) is 4.88 Å². The average Bonchev–Trinajstić information content (AvgIpc) is 3.07. The van der Waals surface area contributed by atoms with Crippen LogP contribution < -0.4 is 10.6 Å². The zero-order valence-electron chi connectivity index (χ0n) is 14.9. The molecule has 7 heteroatoms. The lowest BCUT2D eigenvalue weighted by molar-refractivity contribution is 0.102. The molecule has 0 atom stereocenters. The van der Waals surface area contributed by atoms with E-state index in [9.17, 15) is 9.59 Å². The van der Waals surface area contributed by atoms with Gasteiger partial charge >= 0.3 is 0 Å². The fourth-order valence-electron chi connectivity index (χ4n) is 2.86. The van der Waals surface area contributed by atoms with Crippen LogP contribution >= 0.6 is 34.5 Å². The molecule has 0 saturated carbocycles. The molecule has 29 heavy (non-hydrogen) atoms. The van der Waals surface area contributed by atoms with E-state index in [0.717, 1.165) is 10.1 Å². The third kappa shape index (κ3) is 4.12. The molecule has 4 rings (SSSR count). The lowest BCUT2D eigenvalue weighted by Crippen LogP contribution is -2.17. The van der Waals surface area contributed by atoms with Gasteiger partial charge in [-0.15, -0.1) is 11.3 Å². The fourth-order valence-corrected chi connectivity index (χ4v) is 4.40. The van der Waals surface area contributed by atoms with Crippen LogP contribution in [-0.2, 0) is 0 Å². The molecule has 4 aromatic rings. The van der Waals surface area contributed by atoms with Crippen molar-refractivity contribution in [2.75, 3.05) is 10.6 Å². The maximum Gasteiger partial charge on any atom is 0.267 e. The number of thiophene rings is 1. The first-order valence-electron chi connectivity index (χ1n) is 8.67.